The summed E-state index contributed by atoms with van der Waals surface area (Å²) in [5.41, 5.74) is 1.16. The zero-order chi connectivity index (χ0) is 29.9. The van der Waals surface area contributed by atoms with Crippen LogP contribution in [-0.2, 0) is 23.9 Å². The number of fused-ring (bicyclic) bond motifs is 1. The Morgan fingerprint density at radius 2 is 1.59 bits per heavy atom. The normalized spacial score (nSPS) is 25.7. The van der Waals surface area contributed by atoms with Crippen LogP contribution >= 0.6 is 0 Å². The number of nitrogens with zero attached hydrogens (tertiary/aromatic N) is 1. The maximum atomic E-state index is 13.8. The van der Waals surface area contributed by atoms with Crippen molar-refractivity contribution in [2.24, 2.45) is 34.3 Å². The number of carbonyl (C=O) groups excluding carboxylic acids is 5. The van der Waals surface area contributed by atoms with E-state index in [1.807, 2.05) is 13.8 Å². The van der Waals surface area contributed by atoms with E-state index in [-0.39, 0.29) is 36.1 Å². The second-order valence-corrected chi connectivity index (χ2v) is 13.2. The summed E-state index contributed by atoms with van der Waals surface area (Å²) < 4.78 is 44.4. The van der Waals surface area contributed by atoms with Gasteiger partial charge >= 0.3 is 12.3 Å². The minimum Gasteiger partial charge on any atom is -0.434 e. The summed E-state index contributed by atoms with van der Waals surface area (Å²) in [4.78, 5) is 65.2. The molecule has 1 saturated heterocycles. The van der Waals surface area contributed by atoms with Gasteiger partial charge in [-0.1, -0.05) is 47.5 Å². The van der Waals surface area contributed by atoms with Crippen LogP contribution < -0.4 is 16.4 Å². The molecule has 39 heavy (non-hydrogen) atoms. The van der Waals surface area contributed by atoms with E-state index in [0.717, 1.165) is 12.8 Å². The molecule has 5 atom stereocenters. The molecular weight excluding hydrogens is 521 g/mol. The second-order valence-electron chi connectivity index (χ2n) is 13.2. The van der Waals surface area contributed by atoms with Gasteiger partial charge in [0.25, 0.3) is 5.91 Å². The van der Waals surface area contributed by atoms with Gasteiger partial charge in [-0.25, -0.2) is 4.79 Å². The van der Waals surface area contributed by atoms with Crippen LogP contribution in [0.15, 0.2) is 0 Å². The molecule has 1 heterocycles. The molecule has 4 N–H and O–H groups in total. The van der Waals surface area contributed by atoms with Crippen LogP contribution in [-0.4, -0.2) is 70.9 Å². The van der Waals surface area contributed by atoms with Gasteiger partial charge in [0, 0.05) is 6.54 Å². The number of likely N-dealkylation sites (tertiary alicyclic amines) is 1. The Kier molecular flexibility index (Phi) is 7.83. The highest BCUT2D eigenvalue weighted by Gasteiger charge is 2.70. The van der Waals surface area contributed by atoms with Crippen LogP contribution in [0.3, 0.4) is 0 Å². The smallest absolute Gasteiger partial charge is 0.427 e. The van der Waals surface area contributed by atoms with Crippen LogP contribution in [0.25, 0.3) is 0 Å². The first-order valence-electron chi connectivity index (χ1n) is 13.1. The average molecular weight is 561 g/mol. The zero-order valence-corrected chi connectivity index (χ0v) is 23.4. The Morgan fingerprint density at radius 3 is 2.05 bits per heavy atom. The third-order valence-corrected chi connectivity index (χ3v) is 8.31. The molecule has 0 radical (unpaired) electrons. The molecule has 2 unspecified atom stereocenters. The van der Waals surface area contributed by atoms with Crippen molar-refractivity contribution in [3.05, 3.63) is 0 Å². The van der Waals surface area contributed by atoms with Gasteiger partial charge in [0.2, 0.25) is 23.2 Å². The van der Waals surface area contributed by atoms with E-state index in [0.29, 0.717) is 13.8 Å². The lowest BCUT2D eigenvalue weighted by atomic mass is 9.85. The molecule has 0 spiro atoms. The summed E-state index contributed by atoms with van der Waals surface area (Å²) in [5.74, 6) is -3.45. The molecule has 0 aromatic rings. The first-order chi connectivity index (χ1) is 17.6. The van der Waals surface area contributed by atoms with Crippen LogP contribution in [0.1, 0.15) is 67.7 Å². The molecule has 0 bridgehead atoms. The quantitative estimate of drug-likeness (QED) is 0.369. The van der Waals surface area contributed by atoms with Crippen molar-refractivity contribution in [3.8, 4) is 0 Å². The van der Waals surface area contributed by atoms with Crippen LogP contribution in [0.2, 0.25) is 0 Å². The number of hydrogen-bond acceptors (Lipinski definition) is 6. The van der Waals surface area contributed by atoms with Gasteiger partial charge < -0.3 is 26.0 Å². The number of nitrogens with two attached hydrogens (primary N) is 1. The maximum absolute atomic E-state index is 13.8. The van der Waals surface area contributed by atoms with Crippen LogP contribution in [0, 0.1) is 28.6 Å². The number of ketones is 1. The van der Waals surface area contributed by atoms with Crippen molar-refractivity contribution in [2.75, 3.05) is 6.54 Å². The fourth-order valence-electron chi connectivity index (χ4n) is 5.41. The predicted octanol–water partition coefficient (Wildman–Crippen LogP) is 2.29. The molecule has 3 fully saturated rings. The highest BCUT2D eigenvalue weighted by atomic mass is 19.4. The Morgan fingerprint density at radius 1 is 1.03 bits per heavy atom. The maximum Gasteiger partial charge on any atom is 0.427 e. The summed E-state index contributed by atoms with van der Waals surface area (Å²) in [6.07, 6.45) is -4.27. The minimum absolute atomic E-state index is 0.0392. The Balaban J connectivity index is 1.83. The van der Waals surface area contributed by atoms with Gasteiger partial charge in [0.15, 0.2) is 0 Å². The molecule has 4 amide bonds. The predicted molar refractivity (Wildman–Crippen MR) is 133 cm³/mol. The number of ether oxygens (including phenoxy) is 1. The molecule has 3 aliphatic rings. The van der Waals surface area contributed by atoms with Crippen molar-refractivity contribution < 1.29 is 41.9 Å². The summed E-state index contributed by atoms with van der Waals surface area (Å²) in [5, 5.41) is 4.92. The molecule has 0 aromatic heterocycles. The van der Waals surface area contributed by atoms with Gasteiger partial charge in [-0.3, -0.25) is 19.2 Å². The van der Waals surface area contributed by atoms with Gasteiger partial charge in [-0.2, -0.15) is 13.2 Å². The number of halogens is 3. The molecule has 2 aliphatic carbocycles. The van der Waals surface area contributed by atoms with E-state index in [1.165, 1.54) is 4.90 Å². The van der Waals surface area contributed by atoms with Crippen molar-refractivity contribution in [1.82, 2.24) is 15.5 Å². The lowest BCUT2D eigenvalue weighted by molar-refractivity contribution is -0.244. The van der Waals surface area contributed by atoms with E-state index < -0.39 is 64.9 Å². The highest BCUT2D eigenvalue weighted by Crippen LogP contribution is 2.65. The lowest BCUT2D eigenvalue weighted by Crippen LogP contribution is -2.61. The Hall–Kier alpha value is -2.86. The van der Waals surface area contributed by atoms with E-state index >= 15 is 0 Å². The van der Waals surface area contributed by atoms with Crippen molar-refractivity contribution in [2.45, 2.75) is 97.6 Å². The van der Waals surface area contributed by atoms with Crippen molar-refractivity contribution in [1.29, 1.82) is 0 Å². The first kappa shape index (κ1) is 30.7. The average Bonchev–Trinajstić information content (AvgIpc) is 3.61. The number of alkyl halides is 3. The molecule has 13 heteroatoms. The molecule has 2 saturated carbocycles. The molecule has 3 rings (SSSR count). The third kappa shape index (κ3) is 6.32. The largest absolute Gasteiger partial charge is 0.434 e. The minimum atomic E-state index is -4.84. The molecule has 220 valence electrons. The number of Topliss-reactive ketones (excluding diaryl/α,β-unsaturated/α-hetero) is 1. The van der Waals surface area contributed by atoms with E-state index in [4.69, 9.17) is 5.73 Å². The van der Waals surface area contributed by atoms with Crippen LogP contribution in [0.5, 0.6) is 0 Å². The van der Waals surface area contributed by atoms with Crippen LogP contribution in [0.4, 0.5) is 18.0 Å². The fraction of sp³-hybridized carbons (Fsp3) is 0.808. The Labute approximate surface area is 225 Å². The summed E-state index contributed by atoms with van der Waals surface area (Å²) in [6.45, 7) is 10.4. The van der Waals surface area contributed by atoms with Gasteiger partial charge in [-0.15, -0.1) is 0 Å². The number of hydrogen-bond donors (Lipinski definition) is 3. The van der Waals surface area contributed by atoms with E-state index in [9.17, 15) is 37.1 Å². The fourth-order valence-corrected chi connectivity index (χ4v) is 5.41. The monoisotopic (exact) mass is 560 g/mol. The number of rotatable bonds is 9. The van der Waals surface area contributed by atoms with Crippen molar-refractivity contribution in [3.63, 3.8) is 0 Å². The molecular formula is C26H39F3N4O6. The van der Waals surface area contributed by atoms with Crippen molar-refractivity contribution >= 4 is 29.6 Å². The van der Waals surface area contributed by atoms with Gasteiger partial charge in [0.1, 0.15) is 12.1 Å². The molecule has 0 aromatic carbocycles. The number of nitrogens with one attached hydrogen (secondary N) is 2. The number of alkyl carbamates (subject to hydrolysis) is 1. The molecule has 10 nitrogen and oxygen atoms in total. The SMILES string of the molecule is CC(C)(C)[C@H](NC(=O)OC(C)(C)C(F)(F)F)C(=O)N1CC2[C@@H]([C@H]1C(=O)NC(CC1CC1)C(=O)C(N)=O)C2(C)C. The number of carbonyl (C=O) groups is 5. The summed E-state index contributed by atoms with van der Waals surface area (Å²) in [6, 6.07) is -3.44. The number of piperidine rings is 1. The topological polar surface area (TPSA) is 148 Å². The van der Waals surface area contributed by atoms with Gasteiger partial charge in [-0.05, 0) is 48.9 Å². The second kappa shape index (κ2) is 9.96. The zero-order valence-electron chi connectivity index (χ0n) is 23.4. The molecule has 1 aliphatic heterocycles. The number of amides is 4. The lowest BCUT2D eigenvalue weighted by Gasteiger charge is -2.38. The highest BCUT2D eigenvalue weighted by molar-refractivity contribution is 6.37. The standard InChI is InChI=1S/C26H39F3N4O6/c1-23(2,3)18(32-22(38)39-25(6,7)26(27,28)29)21(37)33-11-13-15(24(13,4)5)16(33)20(36)31-14(10-12-8-9-12)17(34)19(30)35/h12-16,18H,8-11H2,1-7H3,(H2,30,35)(H,31,36)(H,32,38)/t13?,14?,15-,16-,18+/m0/s1. The summed E-state index contributed by atoms with van der Waals surface area (Å²) in [7, 11) is 0. The van der Waals surface area contributed by atoms with E-state index in [1.54, 1.807) is 20.8 Å². The number of primary amides is 1. The summed E-state index contributed by atoms with van der Waals surface area (Å²) >= 11 is 0. The first-order valence-corrected chi connectivity index (χ1v) is 13.1. The van der Waals surface area contributed by atoms with Gasteiger partial charge in [0.05, 0.1) is 6.04 Å². The Bertz CT molecular complexity index is 1050. The van der Waals surface area contributed by atoms with E-state index in [2.05, 4.69) is 15.4 Å². The third-order valence-electron chi connectivity index (χ3n) is 8.31.